The second-order valence-corrected chi connectivity index (χ2v) is 3.96. The summed E-state index contributed by atoms with van der Waals surface area (Å²) in [7, 11) is 0. The Balaban J connectivity index is 2.44. The fraction of sp³-hybridized carbons (Fsp3) is 0.125. The van der Waals surface area contributed by atoms with E-state index in [1.165, 1.54) is 0 Å². The Kier molecular flexibility index (Phi) is 3.94. The lowest BCUT2D eigenvalue weighted by Crippen LogP contribution is -2.05. The zero-order valence-electron chi connectivity index (χ0n) is 10.6. The van der Waals surface area contributed by atoms with E-state index in [9.17, 15) is 10.1 Å². The van der Waals surface area contributed by atoms with Gasteiger partial charge in [0.15, 0.2) is 0 Å². The normalized spacial score (nSPS) is 9.68. The van der Waals surface area contributed by atoms with Crippen LogP contribution in [0.4, 0.5) is 0 Å². The molecule has 0 spiro atoms. The van der Waals surface area contributed by atoms with Crippen molar-refractivity contribution >= 4 is 5.97 Å². The van der Waals surface area contributed by atoms with Crippen molar-refractivity contribution in [3.05, 3.63) is 59.7 Å². The smallest absolute Gasteiger partial charge is 0.338 e. The largest absolute Gasteiger partial charge is 0.462 e. The SMILES string of the molecule is CCOC(=O)c1ccc(-c2ccccc2)c(C#N)c1. The number of ether oxygens (including phenoxy) is 1. The molecule has 94 valence electrons. The van der Waals surface area contributed by atoms with Gasteiger partial charge in [0, 0.05) is 0 Å². The van der Waals surface area contributed by atoms with Gasteiger partial charge in [-0.25, -0.2) is 4.79 Å². The number of carbonyl (C=O) groups excluding carboxylic acids is 1. The standard InChI is InChI=1S/C16H13NO2/c1-2-19-16(18)13-8-9-15(14(10-13)11-17)12-6-4-3-5-7-12/h3-10H,2H2,1H3. The molecule has 0 amide bonds. The van der Waals surface area contributed by atoms with E-state index in [2.05, 4.69) is 6.07 Å². The first-order valence-corrected chi connectivity index (χ1v) is 6.03. The highest BCUT2D eigenvalue weighted by molar-refractivity contribution is 5.91. The third-order valence-corrected chi connectivity index (χ3v) is 2.74. The molecule has 0 N–H and O–H groups in total. The van der Waals surface area contributed by atoms with E-state index in [0.717, 1.165) is 11.1 Å². The predicted octanol–water partition coefficient (Wildman–Crippen LogP) is 3.40. The summed E-state index contributed by atoms with van der Waals surface area (Å²) in [5.41, 5.74) is 2.64. The monoisotopic (exact) mass is 251 g/mol. The molecule has 3 heteroatoms. The minimum absolute atomic E-state index is 0.321. The van der Waals surface area contributed by atoms with Crippen LogP contribution in [0.25, 0.3) is 11.1 Å². The molecule has 19 heavy (non-hydrogen) atoms. The second-order valence-electron chi connectivity index (χ2n) is 3.96. The summed E-state index contributed by atoms with van der Waals surface area (Å²) in [6.45, 7) is 2.07. The van der Waals surface area contributed by atoms with Crippen LogP contribution in [0.1, 0.15) is 22.8 Å². The van der Waals surface area contributed by atoms with Crippen molar-refractivity contribution in [3.8, 4) is 17.2 Å². The lowest BCUT2D eigenvalue weighted by Gasteiger charge is -2.07. The molecule has 0 radical (unpaired) electrons. The molecule has 0 heterocycles. The first-order chi connectivity index (χ1) is 9.26. The second kappa shape index (κ2) is 5.83. The maximum atomic E-state index is 11.6. The lowest BCUT2D eigenvalue weighted by atomic mass is 9.98. The van der Waals surface area contributed by atoms with Crippen LogP contribution in [0, 0.1) is 11.3 Å². The highest BCUT2D eigenvalue weighted by Gasteiger charge is 2.11. The van der Waals surface area contributed by atoms with Crippen molar-refractivity contribution in [1.29, 1.82) is 5.26 Å². The fourth-order valence-corrected chi connectivity index (χ4v) is 1.85. The van der Waals surface area contributed by atoms with Gasteiger partial charge in [-0.1, -0.05) is 36.4 Å². The predicted molar refractivity (Wildman–Crippen MR) is 72.5 cm³/mol. The van der Waals surface area contributed by atoms with E-state index in [1.807, 2.05) is 30.3 Å². The van der Waals surface area contributed by atoms with Gasteiger partial charge >= 0.3 is 5.97 Å². The quantitative estimate of drug-likeness (QED) is 0.785. The average molecular weight is 251 g/mol. The fourth-order valence-electron chi connectivity index (χ4n) is 1.85. The number of hydrogen-bond donors (Lipinski definition) is 0. The van der Waals surface area contributed by atoms with E-state index in [4.69, 9.17) is 4.74 Å². The van der Waals surface area contributed by atoms with Crippen LogP contribution in [0.2, 0.25) is 0 Å². The van der Waals surface area contributed by atoms with Crippen LogP contribution in [0.3, 0.4) is 0 Å². The van der Waals surface area contributed by atoms with E-state index < -0.39 is 5.97 Å². The van der Waals surface area contributed by atoms with Crippen molar-refractivity contribution in [2.24, 2.45) is 0 Å². The Bertz CT molecular complexity index is 627. The molecule has 2 aromatic carbocycles. The average Bonchev–Trinajstić information content (AvgIpc) is 2.47. The molecule has 0 bridgehead atoms. The molecule has 0 unspecified atom stereocenters. The van der Waals surface area contributed by atoms with Crippen molar-refractivity contribution in [2.75, 3.05) is 6.61 Å². The first-order valence-electron chi connectivity index (χ1n) is 6.03. The number of hydrogen-bond acceptors (Lipinski definition) is 3. The highest BCUT2D eigenvalue weighted by Crippen LogP contribution is 2.24. The van der Waals surface area contributed by atoms with Crippen molar-refractivity contribution < 1.29 is 9.53 Å². The molecule has 0 aliphatic carbocycles. The summed E-state index contributed by atoms with van der Waals surface area (Å²) in [6.07, 6.45) is 0. The van der Waals surface area contributed by atoms with E-state index in [1.54, 1.807) is 25.1 Å². The van der Waals surface area contributed by atoms with Gasteiger partial charge in [-0.3, -0.25) is 0 Å². The Morgan fingerprint density at radius 3 is 2.58 bits per heavy atom. The Morgan fingerprint density at radius 2 is 1.95 bits per heavy atom. The maximum Gasteiger partial charge on any atom is 0.338 e. The zero-order chi connectivity index (χ0) is 13.7. The van der Waals surface area contributed by atoms with Crippen LogP contribution in [-0.4, -0.2) is 12.6 Å². The van der Waals surface area contributed by atoms with Gasteiger partial charge in [-0.15, -0.1) is 0 Å². The van der Waals surface area contributed by atoms with Crippen LogP contribution < -0.4 is 0 Å². The minimum Gasteiger partial charge on any atom is -0.462 e. The van der Waals surface area contributed by atoms with Crippen LogP contribution >= 0.6 is 0 Å². The number of rotatable bonds is 3. The van der Waals surface area contributed by atoms with Crippen LogP contribution in [0.15, 0.2) is 48.5 Å². The Morgan fingerprint density at radius 1 is 1.21 bits per heavy atom. The van der Waals surface area contributed by atoms with Crippen molar-refractivity contribution in [3.63, 3.8) is 0 Å². The molecule has 2 aromatic rings. The van der Waals surface area contributed by atoms with Gasteiger partial charge in [0.05, 0.1) is 23.8 Å². The number of carbonyl (C=O) groups is 1. The molecular weight excluding hydrogens is 238 g/mol. The summed E-state index contributed by atoms with van der Waals surface area (Å²) in [6, 6.07) is 16.8. The van der Waals surface area contributed by atoms with Crippen molar-refractivity contribution in [2.45, 2.75) is 6.92 Å². The molecule has 0 saturated heterocycles. The topological polar surface area (TPSA) is 50.1 Å². The third-order valence-electron chi connectivity index (χ3n) is 2.74. The van der Waals surface area contributed by atoms with Gasteiger partial charge in [0.2, 0.25) is 0 Å². The molecule has 0 aliphatic rings. The van der Waals surface area contributed by atoms with Crippen molar-refractivity contribution in [1.82, 2.24) is 0 Å². The first kappa shape index (κ1) is 12.8. The van der Waals surface area contributed by atoms with Crippen LogP contribution in [-0.2, 0) is 4.74 Å². The molecule has 0 atom stereocenters. The summed E-state index contributed by atoms with van der Waals surface area (Å²) in [4.78, 5) is 11.6. The number of benzene rings is 2. The van der Waals surface area contributed by atoms with Gasteiger partial charge in [0.1, 0.15) is 0 Å². The van der Waals surface area contributed by atoms with E-state index in [0.29, 0.717) is 17.7 Å². The molecule has 0 saturated carbocycles. The number of esters is 1. The molecule has 3 nitrogen and oxygen atoms in total. The van der Waals surface area contributed by atoms with E-state index >= 15 is 0 Å². The van der Waals surface area contributed by atoms with Gasteiger partial charge in [-0.2, -0.15) is 5.26 Å². The van der Waals surface area contributed by atoms with Gasteiger partial charge in [-0.05, 0) is 30.2 Å². The lowest BCUT2D eigenvalue weighted by molar-refractivity contribution is 0.0526. The third kappa shape index (κ3) is 2.80. The summed E-state index contributed by atoms with van der Waals surface area (Å²) < 4.78 is 4.92. The van der Waals surface area contributed by atoms with Crippen LogP contribution in [0.5, 0.6) is 0 Å². The summed E-state index contributed by atoms with van der Waals surface area (Å²) in [5, 5.41) is 9.21. The summed E-state index contributed by atoms with van der Waals surface area (Å²) in [5.74, 6) is -0.404. The number of nitriles is 1. The maximum absolute atomic E-state index is 11.6. The minimum atomic E-state index is -0.404. The summed E-state index contributed by atoms with van der Waals surface area (Å²) >= 11 is 0. The zero-order valence-corrected chi connectivity index (χ0v) is 10.6. The Hall–Kier alpha value is -2.60. The molecule has 0 fully saturated rings. The molecule has 0 aliphatic heterocycles. The molecule has 0 aromatic heterocycles. The van der Waals surface area contributed by atoms with Gasteiger partial charge < -0.3 is 4.74 Å². The Labute approximate surface area is 112 Å². The number of nitrogens with zero attached hydrogens (tertiary/aromatic N) is 1. The molecular formula is C16H13NO2. The highest BCUT2D eigenvalue weighted by atomic mass is 16.5. The van der Waals surface area contributed by atoms with Gasteiger partial charge in [0.25, 0.3) is 0 Å². The van der Waals surface area contributed by atoms with E-state index in [-0.39, 0.29) is 0 Å². The molecule has 2 rings (SSSR count).